The molecule has 0 spiro atoms. The van der Waals surface area contributed by atoms with Gasteiger partial charge >= 0.3 is 6.01 Å². The first-order chi connectivity index (χ1) is 16.9. The largest absolute Gasteiger partial charge is 0.494 e. The lowest BCUT2D eigenvalue weighted by molar-refractivity contribution is -0.136. The number of piperidine rings is 1. The van der Waals surface area contributed by atoms with Gasteiger partial charge in [0.1, 0.15) is 11.8 Å². The summed E-state index contributed by atoms with van der Waals surface area (Å²) in [6.07, 6.45) is 0.549. The highest BCUT2D eigenvalue weighted by Gasteiger charge is 2.39. The molecule has 10 nitrogen and oxygen atoms in total. The number of hydrogen-bond acceptors (Lipinski definition) is 8. The minimum Gasteiger partial charge on any atom is -0.494 e. The van der Waals surface area contributed by atoms with E-state index in [0.717, 1.165) is 16.7 Å². The van der Waals surface area contributed by atoms with E-state index in [9.17, 15) is 14.4 Å². The second-order valence-electron chi connectivity index (χ2n) is 8.45. The van der Waals surface area contributed by atoms with Gasteiger partial charge in [0.2, 0.25) is 17.6 Å². The summed E-state index contributed by atoms with van der Waals surface area (Å²) in [5.41, 5.74) is 3.77. The lowest BCUT2D eigenvalue weighted by Crippen LogP contribution is -2.52. The van der Waals surface area contributed by atoms with E-state index in [0.29, 0.717) is 47.2 Å². The number of nitrogens with one attached hydrogen (secondary N) is 2. The summed E-state index contributed by atoms with van der Waals surface area (Å²) in [4.78, 5) is 42.4. The first kappa shape index (κ1) is 22.9. The monoisotopic (exact) mass is 495 g/mol. The van der Waals surface area contributed by atoms with Crippen LogP contribution in [-0.2, 0) is 22.7 Å². The number of nitrogens with zero attached hydrogens (tertiary/aromatic N) is 3. The van der Waals surface area contributed by atoms with Crippen LogP contribution in [0, 0.1) is 6.92 Å². The van der Waals surface area contributed by atoms with Crippen molar-refractivity contribution in [2.75, 3.05) is 12.4 Å². The van der Waals surface area contributed by atoms with E-state index in [1.165, 1.54) is 12.0 Å². The average molecular weight is 496 g/mol. The molecule has 2 N–H and O–H groups in total. The lowest BCUT2D eigenvalue weighted by atomic mass is 10.0. The summed E-state index contributed by atoms with van der Waals surface area (Å²) >= 11 is 6.34. The van der Waals surface area contributed by atoms with E-state index < -0.39 is 11.9 Å². The Morgan fingerprint density at radius 1 is 1.23 bits per heavy atom. The van der Waals surface area contributed by atoms with Crippen LogP contribution in [0.4, 0.5) is 6.01 Å². The molecule has 35 heavy (non-hydrogen) atoms. The van der Waals surface area contributed by atoms with Gasteiger partial charge in [-0.05, 0) is 42.2 Å². The fraction of sp³-hybridized carbons (Fsp3) is 0.292. The Kier molecular flexibility index (Phi) is 5.89. The van der Waals surface area contributed by atoms with Crippen molar-refractivity contribution in [3.05, 3.63) is 57.6 Å². The number of carbonyl (C=O) groups is 3. The minimum atomic E-state index is -0.641. The number of fused-ring (bicyclic) bond motifs is 1. The third kappa shape index (κ3) is 4.21. The maximum atomic E-state index is 12.8. The van der Waals surface area contributed by atoms with Gasteiger partial charge in [0, 0.05) is 25.1 Å². The molecule has 2 aromatic carbocycles. The van der Waals surface area contributed by atoms with E-state index in [2.05, 4.69) is 20.8 Å². The first-order valence-electron chi connectivity index (χ1n) is 11.0. The second kappa shape index (κ2) is 9.03. The van der Waals surface area contributed by atoms with Crippen molar-refractivity contribution in [3.8, 4) is 17.1 Å². The molecule has 1 aromatic heterocycles. The van der Waals surface area contributed by atoms with Gasteiger partial charge in [-0.2, -0.15) is 4.98 Å². The van der Waals surface area contributed by atoms with Crippen molar-refractivity contribution in [2.45, 2.75) is 38.9 Å². The fourth-order valence-electron chi connectivity index (χ4n) is 4.35. The highest BCUT2D eigenvalue weighted by molar-refractivity contribution is 6.33. The molecule has 11 heteroatoms. The number of rotatable bonds is 6. The molecule has 1 unspecified atom stereocenters. The second-order valence-corrected chi connectivity index (χ2v) is 8.82. The molecule has 1 atom stereocenters. The molecule has 0 bridgehead atoms. The van der Waals surface area contributed by atoms with Crippen LogP contribution in [0.2, 0.25) is 5.02 Å². The number of ether oxygens (including phenoxy) is 1. The van der Waals surface area contributed by atoms with Gasteiger partial charge in [0.15, 0.2) is 0 Å². The van der Waals surface area contributed by atoms with Crippen LogP contribution in [-0.4, -0.2) is 45.9 Å². The number of benzene rings is 2. The molecule has 5 rings (SSSR count). The molecule has 3 amide bonds. The van der Waals surface area contributed by atoms with Crippen LogP contribution in [0.25, 0.3) is 11.4 Å². The van der Waals surface area contributed by atoms with E-state index in [1.807, 2.05) is 31.2 Å². The Morgan fingerprint density at radius 3 is 2.80 bits per heavy atom. The number of carbonyl (C=O) groups excluding carboxylic acids is 3. The lowest BCUT2D eigenvalue weighted by Gasteiger charge is -2.29. The Bertz CT molecular complexity index is 1350. The summed E-state index contributed by atoms with van der Waals surface area (Å²) in [7, 11) is 1.53. The SMILES string of the molecule is COc1c(-c2noc(NCc3ccc4c(c3)CN(C3CCC(=O)NC3=O)C4=O)n2)ccc(C)c1Cl. The molecular weight excluding hydrogens is 474 g/mol. The van der Waals surface area contributed by atoms with E-state index in [4.69, 9.17) is 20.9 Å². The third-order valence-electron chi connectivity index (χ3n) is 6.19. The van der Waals surface area contributed by atoms with Gasteiger partial charge in [-0.1, -0.05) is 35.0 Å². The average Bonchev–Trinajstić information content (AvgIpc) is 3.44. The third-order valence-corrected chi connectivity index (χ3v) is 6.66. The number of aromatic nitrogens is 2. The summed E-state index contributed by atoms with van der Waals surface area (Å²) in [5.74, 6) is -0.130. The van der Waals surface area contributed by atoms with Crippen LogP contribution in [0.1, 0.15) is 39.9 Å². The van der Waals surface area contributed by atoms with Crippen molar-refractivity contribution in [1.29, 1.82) is 0 Å². The van der Waals surface area contributed by atoms with E-state index in [1.54, 1.807) is 6.07 Å². The normalized spacial score (nSPS) is 17.4. The molecule has 3 aromatic rings. The summed E-state index contributed by atoms with van der Waals surface area (Å²) in [5, 5.41) is 9.91. The Balaban J connectivity index is 1.28. The van der Waals surface area contributed by atoms with Crippen molar-refractivity contribution in [1.82, 2.24) is 20.4 Å². The van der Waals surface area contributed by atoms with Gasteiger partial charge in [-0.15, -0.1) is 0 Å². The van der Waals surface area contributed by atoms with Crippen molar-refractivity contribution in [3.63, 3.8) is 0 Å². The quantitative estimate of drug-likeness (QED) is 0.499. The predicted molar refractivity (Wildman–Crippen MR) is 126 cm³/mol. The van der Waals surface area contributed by atoms with Crippen LogP contribution < -0.4 is 15.4 Å². The van der Waals surface area contributed by atoms with Crippen LogP contribution in [0.5, 0.6) is 5.75 Å². The molecule has 1 saturated heterocycles. The molecule has 0 radical (unpaired) electrons. The zero-order valence-corrected chi connectivity index (χ0v) is 19.8. The van der Waals surface area contributed by atoms with Crippen LogP contribution in [0.15, 0.2) is 34.9 Å². The molecule has 1 fully saturated rings. The number of hydrogen-bond donors (Lipinski definition) is 2. The van der Waals surface area contributed by atoms with E-state index in [-0.39, 0.29) is 24.2 Å². The molecular formula is C24H22ClN5O5. The Hall–Kier alpha value is -3.92. The fourth-order valence-corrected chi connectivity index (χ4v) is 4.59. The maximum Gasteiger partial charge on any atom is 0.322 e. The van der Waals surface area contributed by atoms with Gasteiger partial charge in [0.25, 0.3) is 5.91 Å². The summed E-state index contributed by atoms with van der Waals surface area (Å²) < 4.78 is 10.8. The number of halogens is 1. The molecule has 0 aliphatic carbocycles. The molecule has 2 aliphatic rings. The van der Waals surface area contributed by atoms with Gasteiger partial charge in [0.05, 0.1) is 17.7 Å². The number of anilines is 1. The van der Waals surface area contributed by atoms with E-state index >= 15 is 0 Å². The number of aryl methyl sites for hydroxylation is 1. The van der Waals surface area contributed by atoms with Crippen LogP contribution >= 0.6 is 11.6 Å². The van der Waals surface area contributed by atoms with Gasteiger partial charge in [-0.25, -0.2) is 0 Å². The van der Waals surface area contributed by atoms with Gasteiger partial charge < -0.3 is 19.5 Å². The maximum absolute atomic E-state index is 12.8. The minimum absolute atomic E-state index is 0.207. The molecule has 2 aliphatic heterocycles. The van der Waals surface area contributed by atoms with Crippen molar-refractivity contribution < 1.29 is 23.6 Å². The Morgan fingerprint density at radius 2 is 2.03 bits per heavy atom. The zero-order valence-electron chi connectivity index (χ0n) is 19.1. The Labute approximate surface area is 205 Å². The predicted octanol–water partition coefficient (Wildman–Crippen LogP) is 3.08. The summed E-state index contributed by atoms with van der Waals surface area (Å²) in [6.45, 7) is 2.58. The smallest absolute Gasteiger partial charge is 0.322 e. The van der Waals surface area contributed by atoms with Crippen LogP contribution in [0.3, 0.4) is 0 Å². The topological polar surface area (TPSA) is 127 Å². The molecule has 3 heterocycles. The van der Waals surface area contributed by atoms with Gasteiger partial charge in [-0.3, -0.25) is 19.7 Å². The first-order valence-corrected chi connectivity index (χ1v) is 11.4. The number of amides is 3. The molecule has 0 saturated carbocycles. The zero-order chi connectivity index (χ0) is 24.7. The van der Waals surface area contributed by atoms with Crippen molar-refractivity contribution in [2.24, 2.45) is 0 Å². The van der Waals surface area contributed by atoms with Crippen molar-refractivity contribution >= 4 is 35.3 Å². The number of methoxy groups -OCH3 is 1. The standard InChI is InChI=1S/C24H22ClN5O5/c1-12-3-5-16(20(34-2)19(12)25)21-28-24(35-29-21)26-10-13-4-6-15-14(9-13)11-30(23(15)33)17-7-8-18(31)27-22(17)32/h3-6,9,17H,7-8,10-11H2,1-2H3,(H,26,28,29)(H,27,31,32). The molecule has 180 valence electrons. The highest BCUT2D eigenvalue weighted by Crippen LogP contribution is 2.37. The highest BCUT2D eigenvalue weighted by atomic mass is 35.5. The number of imide groups is 1. The summed E-state index contributed by atoms with van der Waals surface area (Å²) in [6, 6.07) is 8.75.